The Balaban J connectivity index is 1.45. The SMILES string of the molecule is CC1=CCCC=C1C(=O)Nc1ccc(-c2cc(NC(=O)c3cccc(N(C)C)c3)n(C)n2)cc1. The average Bonchev–Trinajstić information content (AvgIpc) is 3.19. The number of hydrogen-bond donors (Lipinski definition) is 2. The van der Waals surface area contributed by atoms with Crippen LogP contribution in [0.3, 0.4) is 0 Å². The number of hydrogen-bond acceptors (Lipinski definition) is 4. The molecule has 0 radical (unpaired) electrons. The van der Waals surface area contributed by atoms with Crippen molar-refractivity contribution in [2.75, 3.05) is 29.6 Å². The molecule has 174 valence electrons. The Labute approximate surface area is 199 Å². The van der Waals surface area contributed by atoms with Gasteiger partial charge >= 0.3 is 0 Å². The fourth-order valence-corrected chi connectivity index (χ4v) is 3.83. The third-order valence-electron chi connectivity index (χ3n) is 5.82. The van der Waals surface area contributed by atoms with Crippen molar-refractivity contribution in [3.05, 3.63) is 83.5 Å². The highest BCUT2D eigenvalue weighted by Gasteiger charge is 2.15. The van der Waals surface area contributed by atoms with Gasteiger partial charge in [0.1, 0.15) is 5.82 Å². The molecule has 7 heteroatoms. The van der Waals surface area contributed by atoms with Gasteiger partial charge in [-0.15, -0.1) is 0 Å². The van der Waals surface area contributed by atoms with E-state index < -0.39 is 0 Å². The number of nitrogens with zero attached hydrogens (tertiary/aromatic N) is 3. The lowest BCUT2D eigenvalue weighted by Gasteiger charge is -2.13. The van der Waals surface area contributed by atoms with Crippen molar-refractivity contribution in [1.29, 1.82) is 0 Å². The lowest BCUT2D eigenvalue weighted by atomic mass is 9.98. The molecule has 1 aliphatic carbocycles. The van der Waals surface area contributed by atoms with Gasteiger partial charge in [0.2, 0.25) is 0 Å². The molecule has 0 atom stereocenters. The summed E-state index contributed by atoms with van der Waals surface area (Å²) < 4.78 is 1.64. The number of benzene rings is 2. The number of allylic oxidation sites excluding steroid dienone is 2. The van der Waals surface area contributed by atoms with Crippen molar-refractivity contribution in [3.8, 4) is 11.3 Å². The predicted molar refractivity (Wildman–Crippen MR) is 137 cm³/mol. The number of rotatable bonds is 6. The van der Waals surface area contributed by atoms with Crippen LogP contribution < -0.4 is 15.5 Å². The van der Waals surface area contributed by atoms with Crippen LogP contribution in [0.1, 0.15) is 30.1 Å². The Morgan fingerprint density at radius 3 is 2.38 bits per heavy atom. The van der Waals surface area contributed by atoms with Crippen LogP contribution in [0, 0.1) is 0 Å². The van der Waals surface area contributed by atoms with Crippen molar-refractivity contribution in [2.24, 2.45) is 7.05 Å². The fourth-order valence-electron chi connectivity index (χ4n) is 3.83. The van der Waals surface area contributed by atoms with Gasteiger partial charge < -0.3 is 15.5 Å². The number of nitrogens with one attached hydrogen (secondary N) is 2. The summed E-state index contributed by atoms with van der Waals surface area (Å²) in [7, 11) is 5.66. The van der Waals surface area contributed by atoms with E-state index in [4.69, 9.17) is 0 Å². The topological polar surface area (TPSA) is 79.3 Å². The number of carbonyl (C=O) groups is 2. The highest BCUT2D eigenvalue weighted by Crippen LogP contribution is 2.25. The Kier molecular flexibility index (Phi) is 6.63. The molecular formula is C27H29N5O2. The second kappa shape index (κ2) is 9.79. The predicted octanol–water partition coefficient (Wildman–Crippen LogP) is 5.01. The van der Waals surface area contributed by atoms with Crippen LogP contribution in [0.4, 0.5) is 17.2 Å². The first-order chi connectivity index (χ1) is 16.3. The van der Waals surface area contributed by atoms with Crippen LogP contribution in [-0.4, -0.2) is 35.7 Å². The van der Waals surface area contributed by atoms with Gasteiger partial charge in [0, 0.05) is 55.3 Å². The quantitative estimate of drug-likeness (QED) is 0.548. The first kappa shape index (κ1) is 23.0. The maximum absolute atomic E-state index is 12.8. The number of amides is 2. The van der Waals surface area contributed by atoms with Gasteiger partial charge in [-0.3, -0.25) is 14.3 Å². The average molecular weight is 456 g/mol. The summed E-state index contributed by atoms with van der Waals surface area (Å²) in [4.78, 5) is 27.3. The molecule has 0 saturated carbocycles. The number of aryl methyl sites for hydroxylation is 1. The Morgan fingerprint density at radius 1 is 0.941 bits per heavy atom. The van der Waals surface area contributed by atoms with Crippen LogP contribution in [0.5, 0.6) is 0 Å². The summed E-state index contributed by atoms with van der Waals surface area (Å²) in [5.41, 5.74) is 5.61. The third kappa shape index (κ3) is 5.09. The molecule has 0 spiro atoms. The van der Waals surface area contributed by atoms with Crippen molar-refractivity contribution in [3.63, 3.8) is 0 Å². The summed E-state index contributed by atoms with van der Waals surface area (Å²) in [5, 5.41) is 10.4. The summed E-state index contributed by atoms with van der Waals surface area (Å²) in [5.74, 6) is 0.305. The minimum Gasteiger partial charge on any atom is -0.378 e. The minimum atomic E-state index is -0.197. The smallest absolute Gasteiger partial charge is 0.256 e. The highest BCUT2D eigenvalue weighted by molar-refractivity contribution is 6.07. The van der Waals surface area contributed by atoms with Crippen LogP contribution >= 0.6 is 0 Å². The molecule has 1 heterocycles. The molecule has 1 aromatic heterocycles. The molecule has 0 bridgehead atoms. The standard InChI is InChI=1S/C27H29N5O2/c1-18-8-5-6-11-23(18)27(34)28-21-14-12-19(13-15-21)24-17-25(32(4)30-24)29-26(33)20-9-7-10-22(16-20)31(2)3/h7-17H,5-6H2,1-4H3,(H,28,34)(H,29,33). The van der Waals surface area contributed by atoms with Gasteiger partial charge in [0.25, 0.3) is 11.8 Å². The van der Waals surface area contributed by atoms with Gasteiger partial charge in [-0.05, 0) is 55.7 Å². The zero-order valence-corrected chi connectivity index (χ0v) is 19.9. The molecule has 1 aliphatic rings. The molecule has 7 nitrogen and oxygen atoms in total. The summed E-state index contributed by atoms with van der Waals surface area (Å²) in [6.45, 7) is 1.96. The summed E-state index contributed by atoms with van der Waals surface area (Å²) in [6, 6.07) is 16.8. The summed E-state index contributed by atoms with van der Waals surface area (Å²) in [6.07, 6.45) is 5.94. The van der Waals surface area contributed by atoms with Crippen molar-refractivity contribution < 1.29 is 9.59 Å². The minimum absolute atomic E-state index is 0.0950. The Bertz CT molecular complexity index is 1280. The molecule has 4 rings (SSSR count). The zero-order valence-electron chi connectivity index (χ0n) is 19.9. The van der Waals surface area contributed by atoms with E-state index in [-0.39, 0.29) is 11.8 Å². The molecule has 0 fully saturated rings. The fraction of sp³-hybridized carbons (Fsp3) is 0.222. The number of anilines is 3. The van der Waals surface area contributed by atoms with Crippen molar-refractivity contribution in [1.82, 2.24) is 9.78 Å². The van der Waals surface area contributed by atoms with E-state index in [1.807, 2.05) is 80.5 Å². The maximum atomic E-state index is 12.8. The van der Waals surface area contributed by atoms with Gasteiger partial charge in [-0.2, -0.15) is 5.10 Å². The number of carbonyl (C=O) groups excluding carboxylic acids is 2. The van der Waals surface area contributed by atoms with E-state index in [2.05, 4.69) is 21.8 Å². The first-order valence-electron chi connectivity index (χ1n) is 11.2. The van der Waals surface area contributed by atoms with E-state index >= 15 is 0 Å². The molecular weight excluding hydrogens is 426 g/mol. The monoisotopic (exact) mass is 455 g/mol. The molecule has 3 aromatic rings. The van der Waals surface area contributed by atoms with E-state index in [1.54, 1.807) is 17.8 Å². The van der Waals surface area contributed by atoms with Gasteiger partial charge in [-0.1, -0.05) is 30.4 Å². The third-order valence-corrected chi connectivity index (χ3v) is 5.82. The Morgan fingerprint density at radius 2 is 1.68 bits per heavy atom. The van der Waals surface area contributed by atoms with Gasteiger partial charge in [0.05, 0.1) is 5.69 Å². The Hall–Kier alpha value is -4.13. The maximum Gasteiger partial charge on any atom is 0.256 e. The lowest BCUT2D eigenvalue weighted by Crippen LogP contribution is -2.16. The van der Waals surface area contributed by atoms with E-state index in [0.717, 1.165) is 46.6 Å². The molecule has 2 aromatic carbocycles. The molecule has 0 aliphatic heterocycles. The molecule has 2 N–H and O–H groups in total. The summed E-state index contributed by atoms with van der Waals surface area (Å²) >= 11 is 0. The molecule has 0 saturated heterocycles. The van der Waals surface area contributed by atoms with Gasteiger partial charge in [0.15, 0.2) is 0 Å². The number of aromatic nitrogens is 2. The second-order valence-corrected chi connectivity index (χ2v) is 8.55. The largest absolute Gasteiger partial charge is 0.378 e. The van der Waals surface area contributed by atoms with Crippen LogP contribution in [0.2, 0.25) is 0 Å². The second-order valence-electron chi connectivity index (χ2n) is 8.55. The molecule has 0 unspecified atom stereocenters. The van der Waals surface area contributed by atoms with Crippen LogP contribution in [-0.2, 0) is 11.8 Å². The lowest BCUT2D eigenvalue weighted by molar-refractivity contribution is -0.112. The van der Waals surface area contributed by atoms with Gasteiger partial charge in [-0.25, -0.2) is 0 Å². The zero-order chi connectivity index (χ0) is 24.2. The molecule has 2 amide bonds. The normalized spacial score (nSPS) is 13.1. The van der Waals surface area contributed by atoms with E-state index in [1.165, 1.54) is 0 Å². The molecule has 34 heavy (non-hydrogen) atoms. The first-order valence-corrected chi connectivity index (χ1v) is 11.2. The van der Waals surface area contributed by atoms with Crippen molar-refractivity contribution >= 4 is 29.0 Å². The van der Waals surface area contributed by atoms with E-state index in [0.29, 0.717) is 11.4 Å². The van der Waals surface area contributed by atoms with Crippen molar-refractivity contribution in [2.45, 2.75) is 19.8 Å². The van der Waals surface area contributed by atoms with Crippen LogP contribution in [0.25, 0.3) is 11.3 Å². The van der Waals surface area contributed by atoms with Crippen LogP contribution in [0.15, 0.2) is 77.9 Å². The van der Waals surface area contributed by atoms with E-state index in [9.17, 15) is 9.59 Å². The highest BCUT2D eigenvalue weighted by atomic mass is 16.2.